The molecule has 1 aromatic carbocycles. The molecule has 0 aliphatic heterocycles. The summed E-state index contributed by atoms with van der Waals surface area (Å²) in [4.78, 5) is 0. The Morgan fingerprint density at radius 3 is 2.88 bits per heavy atom. The SMILES string of the molecule is Cc1ccc(F)c(C(N)C2=CCCCCC2)c1. The third-order valence-corrected chi connectivity index (χ3v) is 3.46. The van der Waals surface area contributed by atoms with E-state index in [9.17, 15) is 4.39 Å². The Bertz CT molecular complexity index is 423. The topological polar surface area (TPSA) is 26.0 Å². The molecule has 92 valence electrons. The third-order valence-electron chi connectivity index (χ3n) is 3.46. The van der Waals surface area contributed by atoms with Crippen LogP contribution in [0.15, 0.2) is 29.8 Å². The summed E-state index contributed by atoms with van der Waals surface area (Å²) in [6, 6.07) is 4.90. The summed E-state index contributed by atoms with van der Waals surface area (Å²) in [5, 5.41) is 0. The number of hydrogen-bond donors (Lipinski definition) is 1. The predicted molar refractivity (Wildman–Crippen MR) is 69.2 cm³/mol. The van der Waals surface area contributed by atoms with Crippen molar-refractivity contribution in [2.45, 2.75) is 45.1 Å². The van der Waals surface area contributed by atoms with Crippen molar-refractivity contribution in [2.75, 3.05) is 0 Å². The molecule has 0 radical (unpaired) electrons. The number of nitrogens with two attached hydrogens (primary N) is 1. The molecule has 1 aliphatic carbocycles. The van der Waals surface area contributed by atoms with Gasteiger partial charge in [0.25, 0.3) is 0 Å². The van der Waals surface area contributed by atoms with E-state index in [-0.39, 0.29) is 11.9 Å². The number of benzene rings is 1. The van der Waals surface area contributed by atoms with Gasteiger partial charge in [-0.3, -0.25) is 0 Å². The van der Waals surface area contributed by atoms with E-state index in [2.05, 4.69) is 6.08 Å². The lowest BCUT2D eigenvalue weighted by molar-refractivity contribution is 0.591. The lowest BCUT2D eigenvalue weighted by Gasteiger charge is -2.17. The molecule has 0 amide bonds. The van der Waals surface area contributed by atoms with Crippen molar-refractivity contribution in [3.63, 3.8) is 0 Å². The zero-order chi connectivity index (χ0) is 12.3. The van der Waals surface area contributed by atoms with E-state index in [1.54, 1.807) is 6.07 Å². The number of rotatable bonds is 2. The first kappa shape index (κ1) is 12.3. The first-order valence-corrected chi connectivity index (χ1v) is 6.39. The fraction of sp³-hybridized carbons (Fsp3) is 0.467. The highest BCUT2D eigenvalue weighted by Crippen LogP contribution is 2.29. The quantitative estimate of drug-likeness (QED) is 0.767. The van der Waals surface area contributed by atoms with Crippen LogP contribution in [0.25, 0.3) is 0 Å². The summed E-state index contributed by atoms with van der Waals surface area (Å²) < 4.78 is 13.8. The molecule has 0 saturated carbocycles. The maximum absolute atomic E-state index is 13.8. The normalized spacial score (nSPS) is 18.4. The van der Waals surface area contributed by atoms with Gasteiger partial charge in [-0.2, -0.15) is 0 Å². The lowest BCUT2D eigenvalue weighted by Crippen LogP contribution is -2.15. The average molecular weight is 233 g/mol. The minimum absolute atomic E-state index is 0.187. The van der Waals surface area contributed by atoms with Crippen LogP contribution in [0.3, 0.4) is 0 Å². The Morgan fingerprint density at radius 1 is 1.24 bits per heavy atom. The summed E-state index contributed by atoms with van der Waals surface area (Å²) in [5.74, 6) is -0.187. The van der Waals surface area contributed by atoms with Gasteiger partial charge in [-0.25, -0.2) is 4.39 Å². The lowest BCUT2D eigenvalue weighted by atomic mass is 9.94. The van der Waals surface area contributed by atoms with Crippen molar-refractivity contribution < 1.29 is 4.39 Å². The monoisotopic (exact) mass is 233 g/mol. The molecule has 0 bridgehead atoms. The Labute approximate surface area is 103 Å². The van der Waals surface area contributed by atoms with Gasteiger partial charge in [-0.05, 0) is 38.7 Å². The molecule has 0 saturated heterocycles. The van der Waals surface area contributed by atoms with Crippen LogP contribution >= 0.6 is 0 Å². The zero-order valence-corrected chi connectivity index (χ0v) is 10.4. The highest BCUT2D eigenvalue weighted by molar-refractivity contribution is 5.32. The minimum atomic E-state index is -0.270. The van der Waals surface area contributed by atoms with Gasteiger partial charge in [-0.1, -0.05) is 35.8 Å². The molecule has 2 N–H and O–H groups in total. The maximum atomic E-state index is 13.8. The van der Waals surface area contributed by atoms with Crippen LogP contribution in [0.1, 0.15) is 49.3 Å². The van der Waals surface area contributed by atoms with Crippen molar-refractivity contribution in [1.82, 2.24) is 0 Å². The summed E-state index contributed by atoms with van der Waals surface area (Å²) in [7, 11) is 0. The van der Waals surface area contributed by atoms with Crippen LogP contribution in [0, 0.1) is 12.7 Å². The van der Waals surface area contributed by atoms with Crippen molar-refractivity contribution in [2.24, 2.45) is 5.73 Å². The van der Waals surface area contributed by atoms with E-state index in [0.29, 0.717) is 5.56 Å². The van der Waals surface area contributed by atoms with Gasteiger partial charge in [-0.15, -0.1) is 0 Å². The number of halogens is 1. The molecule has 1 unspecified atom stereocenters. The van der Waals surface area contributed by atoms with E-state index >= 15 is 0 Å². The van der Waals surface area contributed by atoms with E-state index in [0.717, 1.165) is 18.4 Å². The standard InChI is InChI=1S/C15H20FN/c1-11-8-9-14(16)13(10-11)15(17)12-6-4-2-3-5-7-12/h6,8-10,15H,2-5,7,17H2,1H3. The molecule has 0 spiro atoms. The molecule has 1 aliphatic rings. The van der Waals surface area contributed by atoms with E-state index in [4.69, 9.17) is 5.73 Å². The number of aryl methyl sites for hydroxylation is 1. The van der Waals surface area contributed by atoms with Crippen LogP contribution in [0.5, 0.6) is 0 Å². The first-order chi connectivity index (χ1) is 8.18. The van der Waals surface area contributed by atoms with Crippen LogP contribution in [-0.2, 0) is 0 Å². The molecule has 2 rings (SSSR count). The second-order valence-electron chi connectivity index (χ2n) is 4.88. The highest BCUT2D eigenvalue weighted by atomic mass is 19.1. The Hall–Kier alpha value is -1.15. The van der Waals surface area contributed by atoms with E-state index in [1.807, 2.05) is 13.0 Å². The van der Waals surface area contributed by atoms with Crippen molar-refractivity contribution in [1.29, 1.82) is 0 Å². The second-order valence-corrected chi connectivity index (χ2v) is 4.88. The fourth-order valence-electron chi connectivity index (χ4n) is 2.42. The van der Waals surface area contributed by atoms with Crippen molar-refractivity contribution >= 4 is 0 Å². The summed E-state index contributed by atoms with van der Waals surface area (Å²) in [6.45, 7) is 1.97. The van der Waals surface area contributed by atoms with Crippen LogP contribution < -0.4 is 5.73 Å². The molecular weight excluding hydrogens is 213 g/mol. The van der Waals surface area contributed by atoms with Gasteiger partial charge in [0.15, 0.2) is 0 Å². The molecule has 2 heteroatoms. The molecule has 0 heterocycles. The van der Waals surface area contributed by atoms with Gasteiger partial charge in [0, 0.05) is 5.56 Å². The van der Waals surface area contributed by atoms with Gasteiger partial charge < -0.3 is 5.73 Å². The Kier molecular flexibility index (Phi) is 3.95. The van der Waals surface area contributed by atoms with Crippen molar-refractivity contribution in [3.05, 3.63) is 46.8 Å². The van der Waals surface area contributed by atoms with Crippen LogP contribution in [0.4, 0.5) is 4.39 Å². The zero-order valence-electron chi connectivity index (χ0n) is 10.4. The molecule has 17 heavy (non-hydrogen) atoms. The number of hydrogen-bond acceptors (Lipinski definition) is 1. The van der Waals surface area contributed by atoms with E-state index < -0.39 is 0 Å². The van der Waals surface area contributed by atoms with E-state index in [1.165, 1.54) is 30.9 Å². The predicted octanol–water partition coefficient (Wildman–Crippen LogP) is 4.02. The van der Waals surface area contributed by atoms with Gasteiger partial charge in [0.1, 0.15) is 5.82 Å². The molecule has 1 nitrogen and oxygen atoms in total. The fourth-order valence-corrected chi connectivity index (χ4v) is 2.42. The van der Waals surface area contributed by atoms with Gasteiger partial charge >= 0.3 is 0 Å². The second kappa shape index (κ2) is 5.46. The molecule has 0 fully saturated rings. The smallest absolute Gasteiger partial charge is 0.128 e. The molecule has 1 atom stereocenters. The van der Waals surface area contributed by atoms with Gasteiger partial charge in [0.05, 0.1) is 6.04 Å². The Balaban J connectivity index is 2.26. The largest absolute Gasteiger partial charge is 0.320 e. The van der Waals surface area contributed by atoms with Gasteiger partial charge in [0.2, 0.25) is 0 Å². The molecule has 0 aromatic heterocycles. The average Bonchev–Trinajstić information content (AvgIpc) is 2.60. The number of allylic oxidation sites excluding steroid dienone is 1. The minimum Gasteiger partial charge on any atom is -0.320 e. The maximum Gasteiger partial charge on any atom is 0.128 e. The summed E-state index contributed by atoms with van der Waals surface area (Å²) in [6.07, 6.45) is 7.95. The summed E-state index contributed by atoms with van der Waals surface area (Å²) in [5.41, 5.74) is 9.10. The van der Waals surface area contributed by atoms with Crippen LogP contribution in [0.2, 0.25) is 0 Å². The van der Waals surface area contributed by atoms with Crippen LogP contribution in [-0.4, -0.2) is 0 Å². The first-order valence-electron chi connectivity index (χ1n) is 6.39. The molecule has 1 aromatic rings. The molecular formula is C15H20FN. The summed E-state index contributed by atoms with van der Waals surface area (Å²) >= 11 is 0. The Morgan fingerprint density at radius 2 is 2.06 bits per heavy atom. The third kappa shape index (κ3) is 2.95. The highest BCUT2D eigenvalue weighted by Gasteiger charge is 2.16. The van der Waals surface area contributed by atoms with Crippen molar-refractivity contribution in [3.8, 4) is 0 Å².